The van der Waals surface area contributed by atoms with Crippen molar-refractivity contribution >= 4 is 11.9 Å². The number of rotatable bonds is 5. The molecule has 0 amide bonds. The number of ether oxygens (including phenoxy) is 1. The Hall–Kier alpha value is -2.88. The normalized spacial score (nSPS) is 9.65. The molecule has 0 unspecified atom stereocenters. The first kappa shape index (κ1) is 13.5. The van der Waals surface area contributed by atoms with Gasteiger partial charge in [-0.05, 0) is 17.7 Å². The zero-order valence-electron chi connectivity index (χ0n) is 11.2. The fraction of sp³-hybridized carbons (Fsp3) is 0.231. The van der Waals surface area contributed by atoms with E-state index in [-0.39, 0.29) is 6.01 Å². The van der Waals surface area contributed by atoms with Gasteiger partial charge in [0.1, 0.15) is 0 Å². The van der Waals surface area contributed by atoms with Crippen molar-refractivity contribution in [1.82, 2.24) is 15.0 Å². The number of methoxy groups -OCH3 is 1. The topological polar surface area (TPSA) is 95.8 Å². The maximum Gasteiger partial charge on any atom is 0.322 e. The van der Waals surface area contributed by atoms with Gasteiger partial charge in [0.25, 0.3) is 0 Å². The molecule has 1 aromatic heterocycles. The van der Waals surface area contributed by atoms with Gasteiger partial charge in [0.15, 0.2) is 0 Å². The van der Waals surface area contributed by atoms with Gasteiger partial charge < -0.3 is 15.4 Å². The highest BCUT2D eigenvalue weighted by Gasteiger charge is 2.05. The van der Waals surface area contributed by atoms with Gasteiger partial charge in [-0.1, -0.05) is 12.1 Å². The van der Waals surface area contributed by atoms with Crippen LogP contribution in [0.3, 0.4) is 0 Å². The van der Waals surface area contributed by atoms with Crippen molar-refractivity contribution in [2.75, 3.05) is 24.8 Å². The van der Waals surface area contributed by atoms with E-state index in [4.69, 9.17) is 10.00 Å². The molecule has 20 heavy (non-hydrogen) atoms. The number of nitrogens with zero attached hydrogens (tertiary/aromatic N) is 4. The van der Waals surface area contributed by atoms with Gasteiger partial charge in [-0.3, -0.25) is 0 Å². The summed E-state index contributed by atoms with van der Waals surface area (Å²) in [6, 6.07) is 9.61. The third-order valence-corrected chi connectivity index (χ3v) is 2.55. The van der Waals surface area contributed by atoms with E-state index in [2.05, 4.69) is 31.7 Å². The smallest absolute Gasteiger partial charge is 0.322 e. The first-order valence-corrected chi connectivity index (χ1v) is 5.96. The Morgan fingerprint density at radius 2 is 1.85 bits per heavy atom. The second-order valence-electron chi connectivity index (χ2n) is 3.88. The Labute approximate surface area is 116 Å². The van der Waals surface area contributed by atoms with Gasteiger partial charge in [0, 0.05) is 13.6 Å². The highest BCUT2D eigenvalue weighted by Crippen LogP contribution is 2.11. The van der Waals surface area contributed by atoms with Crippen molar-refractivity contribution in [2.24, 2.45) is 0 Å². The zero-order chi connectivity index (χ0) is 14.4. The third kappa shape index (κ3) is 3.32. The highest BCUT2D eigenvalue weighted by atomic mass is 16.5. The molecule has 1 heterocycles. The summed E-state index contributed by atoms with van der Waals surface area (Å²) >= 11 is 0. The van der Waals surface area contributed by atoms with E-state index in [0.717, 1.165) is 5.56 Å². The Balaban J connectivity index is 2.07. The summed E-state index contributed by atoms with van der Waals surface area (Å²) in [5.41, 5.74) is 1.66. The van der Waals surface area contributed by atoms with Crippen LogP contribution in [0.1, 0.15) is 11.1 Å². The predicted molar refractivity (Wildman–Crippen MR) is 74.4 cm³/mol. The van der Waals surface area contributed by atoms with Crippen molar-refractivity contribution in [2.45, 2.75) is 6.54 Å². The Kier molecular flexibility index (Phi) is 4.29. The molecule has 2 N–H and O–H groups in total. The minimum atomic E-state index is 0.242. The third-order valence-electron chi connectivity index (χ3n) is 2.55. The van der Waals surface area contributed by atoms with Crippen molar-refractivity contribution in [3.63, 3.8) is 0 Å². The van der Waals surface area contributed by atoms with E-state index in [1.165, 1.54) is 7.11 Å². The van der Waals surface area contributed by atoms with Gasteiger partial charge in [0.2, 0.25) is 11.9 Å². The largest absolute Gasteiger partial charge is 0.467 e. The predicted octanol–water partition coefficient (Wildman–Crippen LogP) is 1.41. The lowest BCUT2D eigenvalue weighted by Crippen LogP contribution is -2.08. The van der Waals surface area contributed by atoms with Gasteiger partial charge in [-0.15, -0.1) is 0 Å². The fourth-order valence-electron chi connectivity index (χ4n) is 1.52. The van der Waals surface area contributed by atoms with E-state index < -0.39 is 0 Å². The first-order chi connectivity index (χ1) is 9.75. The van der Waals surface area contributed by atoms with Crippen LogP contribution in [0.4, 0.5) is 11.9 Å². The molecule has 1 aromatic carbocycles. The maximum absolute atomic E-state index is 8.74. The fourth-order valence-corrected chi connectivity index (χ4v) is 1.52. The number of benzene rings is 1. The molecule has 7 nitrogen and oxygen atoms in total. The van der Waals surface area contributed by atoms with Crippen molar-refractivity contribution < 1.29 is 4.74 Å². The number of aromatic nitrogens is 3. The SMILES string of the molecule is CNc1nc(NCc2ccc(C#N)cc2)nc(OC)n1. The molecule has 0 fully saturated rings. The van der Waals surface area contributed by atoms with Crippen molar-refractivity contribution in [3.8, 4) is 12.1 Å². The molecular weight excluding hydrogens is 256 g/mol. The standard InChI is InChI=1S/C13H14N6O/c1-15-11-17-12(19-13(18-11)20-2)16-8-10-5-3-9(7-14)4-6-10/h3-6H,8H2,1-2H3,(H2,15,16,17,18,19). The van der Waals surface area contributed by atoms with Gasteiger partial charge >= 0.3 is 6.01 Å². The average molecular weight is 270 g/mol. The van der Waals surface area contributed by atoms with Crippen LogP contribution in [0.15, 0.2) is 24.3 Å². The van der Waals surface area contributed by atoms with E-state index in [0.29, 0.717) is 24.0 Å². The quantitative estimate of drug-likeness (QED) is 0.847. The lowest BCUT2D eigenvalue weighted by Gasteiger charge is -2.07. The summed E-state index contributed by atoms with van der Waals surface area (Å²) in [4.78, 5) is 12.3. The van der Waals surface area contributed by atoms with Crippen LogP contribution in [0.5, 0.6) is 6.01 Å². The zero-order valence-corrected chi connectivity index (χ0v) is 11.2. The highest BCUT2D eigenvalue weighted by molar-refractivity contribution is 5.37. The van der Waals surface area contributed by atoms with E-state index in [1.54, 1.807) is 19.2 Å². The number of anilines is 2. The molecule has 7 heteroatoms. The van der Waals surface area contributed by atoms with Crippen LogP contribution < -0.4 is 15.4 Å². The van der Waals surface area contributed by atoms with E-state index in [9.17, 15) is 0 Å². The average Bonchev–Trinajstić information content (AvgIpc) is 2.53. The number of hydrogen-bond donors (Lipinski definition) is 2. The molecule has 0 aliphatic heterocycles. The molecule has 0 saturated carbocycles. The van der Waals surface area contributed by atoms with Crippen LogP contribution >= 0.6 is 0 Å². The summed E-state index contributed by atoms with van der Waals surface area (Å²) in [5.74, 6) is 0.852. The molecule has 0 bridgehead atoms. The van der Waals surface area contributed by atoms with Crippen LogP contribution in [0, 0.1) is 11.3 Å². The summed E-state index contributed by atoms with van der Waals surface area (Å²) in [7, 11) is 3.22. The number of hydrogen-bond acceptors (Lipinski definition) is 7. The summed E-state index contributed by atoms with van der Waals surface area (Å²) in [6.45, 7) is 0.544. The molecule has 0 radical (unpaired) electrons. The molecule has 102 valence electrons. The Bertz CT molecular complexity index is 597. The maximum atomic E-state index is 8.74. The molecule has 0 aliphatic carbocycles. The second kappa shape index (κ2) is 6.33. The van der Waals surface area contributed by atoms with Crippen LogP contribution in [0.2, 0.25) is 0 Å². The van der Waals surface area contributed by atoms with E-state index >= 15 is 0 Å². The minimum Gasteiger partial charge on any atom is -0.467 e. The molecule has 2 rings (SSSR count). The van der Waals surface area contributed by atoms with Crippen LogP contribution in [-0.2, 0) is 6.54 Å². The number of nitrogens with one attached hydrogen (secondary N) is 2. The summed E-state index contributed by atoms with van der Waals surface area (Å²) in [6.07, 6.45) is 0. The van der Waals surface area contributed by atoms with Crippen LogP contribution in [0.25, 0.3) is 0 Å². The summed E-state index contributed by atoms with van der Waals surface area (Å²) < 4.78 is 5.00. The van der Waals surface area contributed by atoms with Gasteiger partial charge in [-0.25, -0.2) is 0 Å². The molecule has 2 aromatic rings. The minimum absolute atomic E-state index is 0.242. The molecule has 0 atom stereocenters. The van der Waals surface area contributed by atoms with Crippen molar-refractivity contribution in [3.05, 3.63) is 35.4 Å². The lowest BCUT2D eigenvalue weighted by atomic mass is 10.1. The Morgan fingerprint density at radius 3 is 2.45 bits per heavy atom. The lowest BCUT2D eigenvalue weighted by molar-refractivity contribution is 0.379. The van der Waals surface area contributed by atoms with Gasteiger partial charge in [-0.2, -0.15) is 20.2 Å². The van der Waals surface area contributed by atoms with Crippen LogP contribution in [-0.4, -0.2) is 29.1 Å². The molecule has 0 saturated heterocycles. The molecule has 0 spiro atoms. The van der Waals surface area contributed by atoms with Gasteiger partial charge in [0.05, 0.1) is 18.7 Å². The van der Waals surface area contributed by atoms with Crippen molar-refractivity contribution in [1.29, 1.82) is 5.26 Å². The second-order valence-corrected chi connectivity index (χ2v) is 3.88. The Morgan fingerprint density at radius 1 is 1.15 bits per heavy atom. The molecule has 0 aliphatic rings. The molecular formula is C13H14N6O. The summed E-state index contributed by atoms with van der Waals surface area (Å²) in [5, 5.41) is 14.7. The number of nitriles is 1. The monoisotopic (exact) mass is 270 g/mol. The van der Waals surface area contributed by atoms with E-state index in [1.807, 2.05) is 12.1 Å². The first-order valence-electron chi connectivity index (χ1n) is 5.96.